The fourth-order valence-corrected chi connectivity index (χ4v) is 4.44. The van der Waals surface area contributed by atoms with Crippen molar-refractivity contribution in [1.29, 1.82) is 0 Å². The van der Waals surface area contributed by atoms with Gasteiger partial charge in [-0.1, -0.05) is 17.7 Å². The van der Waals surface area contributed by atoms with Crippen molar-refractivity contribution in [2.24, 2.45) is 0 Å². The number of nitrogens with zero attached hydrogens (tertiary/aromatic N) is 4. The van der Waals surface area contributed by atoms with Crippen LogP contribution in [0.15, 0.2) is 51.7 Å². The number of anilines is 1. The molecule has 3 aromatic heterocycles. The minimum absolute atomic E-state index is 0.283. The molecule has 6 nitrogen and oxygen atoms in total. The molecule has 0 radical (unpaired) electrons. The van der Waals surface area contributed by atoms with Crippen LogP contribution in [0.25, 0.3) is 15.9 Å². The Morgan fingerprint density at radius 1 is 1.23 bits per heavy atom. The Morgan fingerprint density at radius 3 is 2.88 bits per heavy atom. The Hall–Kier alpha value is -1.81. The Morgan fingerprint density at radius 2 is 2.08 bits per heavy atom. The van der Waals surface area contributed by atoms with E-state index in [4.69, 9.17) is 11.6 Å². The first kappa shape index (κ1) is 17.6. The van der Waals surface area contributed by atoms with Crippen LogP contribution in [0.4, 0.5) is 5.82 Å². The maximum absolute atomic E-state index is 12.9. The quantitative estimate of drug-likeness (QED) is 0.403. The minimum atomic E-state index is -0.368. The summed E-state index contributed by atoms with van der Waals surface area (Å²) in [5.74, 6) is 0.487. The number of benzene rings is 1. The molecule has 0 aliphatic rings. The fraction of sp³-hybridized carbons (Fsp3) is 0. The zero-order valence-corrected chi connectivity index (χ0v) is 17.5. The number of carbonyl (C=O) groups is 1. The molecule has 0 bridgehead atoms. The Kier molecular flexibility index (Phi) is 4.78. The average molecular weight is 514 g/mol. The highest BCUT2D eigenvalue weighted by atomic mass is 79.9. The Balaban J connectivity index is 1.75. The van der Waals surface area contributed by atoms with E-state index in [2.05, 4.69) is 51.6 Å². The molecule has 1 aromatic carbocycles. The molecule has 26 heavy (non-hydrogen) atoms. The van der Waals surface area contributed by atoms with Crippen molar-refractivity contribution in [2.45, 2.75) is 0 Å². The predicted molar refractivity (Wildman–Crippen MR) is 109 cm³/mol. The second kappa shape index (κ2) is 7.07. The van der Waals surface area contributed by atoms with E-state index in [1.54, 1.807) is 24.4 Å². The van der Waals surface area contributed by atoms with Gasteiger partial charge >= 0.3 is 0 Å². The molecule has 0 saturated carbocycles. The number of fused-ring (bicyclic) bond motifs is 1. The van der Waals surface area contributed by atoms with Gasteiger partial charge in [-0.2, -0.15) is 9.47 Å². The number of nitrogens with one attached hydrogen (secondary N) is 1. The molecule has 0 aliphatic carbocycles. The van der Waals surface area contributed by atoms with Crippen LogP contribution in [0.5, 0.6) is 0 Å². The van der Waals surface area contributed by atoms with Gasteiger partial charge in [-0.3, -0.25) is 4.79 Å². The van der Waals surface area contributed by atoms with Gasteiger partial charge in [0.15, 0.2) is 11.6 Å². The predicted octanol–water partition coefficient (Wildman–Crippen LogP) is 5.31. The van der Waals surface area contributed by atoms with Gasteiger partial charge in [0.2, 0.25) is 0 Å². The van der Waals surface area contributed by atoms with Crippen molar-refractivity contribution < 1.29 is 4.79 Å². The van der Waals surface area contributed by atoms with E-state index in [9.17, 15) is 4.79 Å². The molecule has 1 N–H and O–H groups in total. The standard InChI is InChI=1S/C16H8Br2ClN5OS/c17-8-3-1-5-11-13(8)14(23-26-11)21-16(25)10-7-12(18)22-24(10)15-9(19)4-2-6-20-15/h1-7H,(H,21,23,25). The maximum atomic E-state index is 12.9. The van der Waals surface area contributed by atoms with Gasteiger partial charge in [-0.25, -0.2) is 9.67 Å². The summed E-state index contributed by atoms with van der Waals surface area (Å²) >= 11 is 14.3. The molecule has 0 atom stereocenters. The minimum Gasteiger partial charge on any atom is -0.304 e. The smallest absolute Gasteiger partial charge is 0.275 e. The fourth-order valence-electron chi connectivity index (χ4n) is 2.42. The van der Waals surface area contributed by atoms with E-state index in [0.29, 0.717) is 21.3 Å². The third-order valence-electron chi connectivity index (χ3n) is 3.53. The van der Waals surface area contributed by atoms with E-state index in [0.717, 1.165) is 14.6 Å². The van der Waals surface area contributed by atoms with Gasteiger partial charge in [0.25, 0.3) is 5.91 Å². The SMILES string of the molecule is O=C(Nc1nsc2cccc(Br)c12)c1cc(Br)nn1-c1ncccc1Cl. The largest absolute Gasteiger partial charge is 0.304 e. The third-order valence-corrected chi connectivity index (χ3v) is 5.69. The molecule has 4 rings (SSSR count). The van der Waals surface area contributed by atoms with Gasteiger partial charge in [0, 0.05) is 16.7 Å². The van der Waals surface area contributed by atoms with Gasteiger partial charge in [0.1, 0.15) is 10.3 Å². The van der Waals surface area contributed by atoms with Crippen molar-refractivity contribution >= 4 is 76.8 Å². The van der Waals surface area contributed by atoms with Crippen LogP contribution in [-0.4, -0.2) is 25.0 Å². The van der Waals surface area contributed by atoms with Crippen molar-refractivity contribution in [1.82, 2.24) is 19.1 Å². The van der Waals surface area contributed by atoms with Crippen molar-refractivity contribution in [2.75, 3.05) is 5.32 Å². The van der Waals surface area contributed by atoms with Crippen molar-refractivity contribution in [3.8, 4) is 5.82 Å². The molecular weight excluding hydrogens is 506 g/mol. The van der Waals surface area contributed by atoms with Gasteiger partial charge in [-0.05, 0) is 67.7 Å². The van der Waals surface area contributed by atoms with Gasteiger partial charge < -0.3 is 5.32 Å². The van der Waals surface area contributed by atoms with E-state index < -0.39 is 0 Å². The summed E-state index contributed by atoms with van der Waals surface area (Å²) in [5.41, 5.74) is 0.283. The zero-order chi connectivity index (χ0) is 18.3. The topological polar surface area (TPSA) is 72.7 Å². The number of rotatable bonds is 3. The number of carbonyl (C=O) groups excluding carboxylic acids is 1. The molecule has 4 aromatic rings. The van der Waals surface area contributed by atoms with Crippen LogP contribution in [-0.2, 0) is 0 Å². The number of hydrogen-bond donors (Lipinski definition) is 1. The lowest BCUT2D eigenvalue weighted by atomic mass is 10.2. The summed E-state index contributed by atoms with van der Waals surface area (Å²) in [6, 6.07) is 10.8. The van der Waals surface area contributed by atoms with E-state index in [-0.39, 0.29) is 11.6 Å². The zero-order valence-electron chi connectivity index (χ0n) is 12.8. The highest BCUT2D eigenvalue weighted by Gasteiger charge is 2.20. The number of amides is 1. The molecule has 10 heteroatoms. The lowest BCUT2D eigenvalue weighted by Gasteiger charge is -2.08. The van der Waals surface area contributed by atoms with Crippen LogP contribution in [0.3, 0.4) is 0 Å². The molecule has 3 heterocycles. The Labute approximate surface area is 173 Å². The summed E-state index contributed by atoms with van der Waals surface area (Å²) in [4.78, 5) is 17.1. The third kappa shape index (κ3) is 3.16. The summed E-state index contributed by atoms with van der Waals surface area (Å²) in [7, 11) is 0. The van der Waals surface area contributed by atoms with Crippen LogP contribution in [0, 0.1) is 0 Å². The normalized spacial score (nSPS) is 11.0. The van der Waals surface area contributed by atoms with Gasteiger partial charge in [0.05, 0.1) is 15.1 Å². The lowest BCUT2D eigenvalue weighted by Crippen LogP contribution is -2.18. The van der Waals surface area contributed by atoms with E-state index >= 15 is 0 Å². The number of hydrogen-bond acceptors (Lipinski definition) is 5. The van der Waals surface area contributed by atoms with E-state index in [1.807, 2.05) is 18.2 Å². The summed E-state index contributed by atoms with van der Waals surface area (Å²) in [5, 5.41) is 8.35. The van der Waals surface area contributed by atoms with Crippen molar-refractivity contribution in [3.63, 3.8) is 0 Å². The van der Waals surface area contributed by atoms with E-state index in [1.165, 1.54) is 16.2 Å². The molecule has 1 amide bonds. The molecule has 0 fully saturated rings. The number of aromatic nitrogens is 4. The second-order valence-electron chi connectivity index (χ2n) is 5.17. The molecule has 130 valence electrons. The van der Waals surface area contributed by atoms with Crippen LogP contribution in [0.2, 0.25) is 5.02 Å². The number of pyridine rings is 1. The average Bonchev–Trinajstić information content (AvgIpc) is 3.20. The summed E-state index contributed by atoms with van der Waals surface area (Å²) in [6.45, 7) is 0. The summed E-state index contributed by atoms with van der Waals surface area (Å²) < 4.78 is 8.07. The highest BCUT2D eigenvalue weighted by Crippen LogP contribution is 2.33. The first-order chi connectivity index (χ1) is 12.5. The monoisotopic (exact) mass is 511 g/mol. The lowest BCUT2D eigenvalue weighted by molar-refractivity contribution is 0.101. The molecule has 0 aliphatic heterocycles. The highest BCUT2D eigenvalue weighted by molar-refractivity contribution is 9.10. The van der Waals surface area contributed by atoms with Crippen LogP contribution in [0.1, 0.15) is 10.5 Å². The molecular formula is C16H8Br2ClN5OS. The number of halogens is 3. The van der Waals surface area contributed by atoms with Gasteiger partial charge in [-0.15, -0.1) is 0 Å². The van der Waals surface area contributed by atoms with Crippen molar-refractivity contribution in [3.05, 3.63) is 62.4 Å². The first-order valence-corrected chi connectivity index (χ1v) is 10.00. The molecule has 0 spiro atoms. The Bertz CT molecular complexity index is 1140. The van der Waals surface area contributed by atoms with Crippen LogP contribution < -0.4 is 5.32 Å². The first-order valence-electron chi connectivity index (χ1n) is 7.26. The molecule has 0 saturated heterocycles. The molecule has 0 unspecified atom stereocenters. The maximum Gasteiger partial charge on any atom is 0.275 e. The summed E-state index contributed by atoms with van der Waals surface area (Å²) in [6.07, 6.45) is 1.59. The second-order valence-corrected chi connectivity index (χ2v) is 8.05. The van der Waals surface area contributed by atoms with Crippen LogP contribution >= 0.6 is 55.0 Å².